The van der Waals surface area contributed by atoms with Crippen LogP contribution in [0, 0.1) is 0 Å². The third-order valence-electron chi connectivity index (χ3n) is 4.99. The highest BCUT2D eigenvalue weighted by Crippen LogP contribution is 2.31. The molecule has 0 saturated heterocycles. The van der Waals surface area contributed by atoms with Gasteiger partial charge in [0, 0.05) is 26.0 Å². The van der Waals surface area contributed by atoms with E-state index >= 15 is 0 Å². The first-order valence-corrected chi connectivity index (χ1v) is 9.66. The monoisotopic (exact) mass is 412 g/mol. The lowest BCUT2D eigenvalue weighted by molar-refractivity contribution is -0.146. The van der Waals surface area contributed by atoms with Gasteiger partial charge in [0.05, 0.1) is 11.6 Å². The average molecular weight is 412 g/mol. The molecule has 1 unspecified atom stereocenters. The summed E-state index contributed by atoms with van der Waals surface area (Å²) in [5.74, 6) is -1.46. The van der Waals surface area contributed by atoms with Gasteiger partial charge in [-0.15, -0.1) is 0 Å². The lowest BCUT2D eigenvalue weighted by Gasteiger charge is -2.22. The highest BCUT2D eigenvalue weighted by atomic mass is 16.6. The molecule has 1 aromatic rings. The second-order valence-corrected chi connectivity index (χ2v) is 7.24. The molecule has 2 aliphatic heterocycles. The minimum Gasteiger partial charge on any atom is -0.458 e. The summed E-state index contributed by atoms with van der Waals surface area (Å²) in [5, 5.41) is 5.71. The summed E-state index contributed by atoms with van der Waals surface area (Å²) in [4.78, 5) is 46.7. The van der Waals surface area contributed by atoms with Gasteiger partial charge in [-0.25, -0.2) is 4.79 Å². The molecule has 1 amide bonds. The predicted octanol–water partition coefficient (Wildman–Crippen LogP) is 1.36. The fraction of sp³-hybridized carbons (Fsp3) is 0.364. The van der Waals surface area contributed by atoms with Crippen LogP contribution in [0.15, 0.2) is 35.9 Å². The van der Waals surface area contributed by atoms with Crippen molar-refractivity contribution >= 4 is 34.8 Å². The van der Waals surface area contributed by atoms with Gasteiger partial charge in [-0.2, -0.15) is 0 Å². The van der Waals surface area contributed by atoms with Crippen LogP contribution in [-0.2, 0) is 28.7 Å². The molecule has 2 aliphatic rings. The Labute approximate surface area is 174 Å². The van der Waals surface area contributed by atoms with Crippen LogP contribution in [0.1, 0.15) is 38.3 Å². The van der Waals surface area contributed by atoms with Gasteiger partial charge in [0.15, 0.2) is 18.6 Å². The number of benzene rings is 1. The Kier molecular flexibility index (Phi) is 6.47. The Morgan fingerprint density at radius 3 is 2.47 bits per heavy atom. The van der Waals surface area contributed by atoms with Gasteiger partial charge in [0.25, 0.3) is 0 Å². The summed E-state index contributed by atoms with van der Waals surface area (Å²) in [7, 11) is 0. The molecule has 3 rings (SSSR count). The van der Waals surface area contributed by atoms with Crippen molar-refractivity contribution in [3.8, 4) is 0 Å². The fourth-order valence-corrected chi connectivity index (χ4v) is 3.48. The molecule has 8 heteroatoms. The Morgan fingerprint density at radius 2 is 1.83 bits per heavy atom. The number of amides is 1. The molecule has 8 nitrogen and oxygen atoms in total. The molecule has 0 aliphatic carbocycles. The van der Waals surface area contributed by atoms with E-state index in [1.54, 1.807) is 6.92 Å². The van der Waals surface area contributed by atoms with E-state index in [2.05, 4.69) is 10.6 Å². The van der Waals surface area contributed by atoms with Crippen LogP contribution >= 0.6 is 0 Å². The zero-order valence-electron chi connectivity index (χ0n) is 17.1. The molecule has 2 N–H and O–H groups in total. The van der Waals surface area contributed by atoms with E-state index in [9.17, 15) is 19.2 Å². The van der Waals surface area contributed by atoms with Crippen molar-refractivity contribution in [3.63, 3.8) is 0 Å². The smallest absolute Gasteiger partial charge is 0.341 e. The van der Waals surface area contributed by atoms with Crippen LogP contribution in [0.3, 0.4) is 0 Å². The number of hydrogen-bond donors (Lipinski definition) is 2. The Hall–Kier alpha value is -3.26. The molecule has 0 aromatic heterocycles. The van der Waals surface area contributed by atoms with Gasteiger partial charge in [-0.1, -0.05) is 30.3 Å². The van der Waals surface area contributed by atoms with Crippen LogP contribution < -0.4 is 10.6 Å². The average Bonchev–Trinajstić information content (AvgIpc) is 2.98. The number of rotatable bonds is 6. The van der Waals surface area contributed by atoms with Crippen molar-refractivity contribution in [1.29, 1.82) is 0 Å². The molecule has 1 aromatic carbocycles. The zero-order valence-corrected chi connectivity index (χ0v) is 17.1. The van der Waals surface area contributed by atoms with Gasteiger partial charge in [0.1, 0.15) is 0 Å². The number of ether oxygens (including phenoxy) is 2. The first-order chi connectivity index (χ1) is 14.3. The van der Waals surface area contributed by atoms with Crippen molar-refractivity contribution in [2.45, 2.75) is 39.5 Å². The number of esters is 2. The number of Topliss-reactive ketones (excluding diaryl/α,β-unsaturated/α-hetero) is 1. The lowest BCUT2D eigenvalue weighted by Crippen LogP contribution is -2.40. The number of ketones is 1. The van der Waals surface area contributed by atoms with Gasteiger partial charge >= 0.3 is 11.9 Å². The van der Waals surface area contributed by atoms with E-state index in [4.69, 9.17) is 9.47 Å². The van der Waals surface area contributed by atoms with Gasteiger partial charge in [-0.3, -0.25) is 14.4 Å². The molecule has 30 heavy (non-hydrogen) atoms. The van der Waals surface area contributed by atoms with E-state index < -0.39 is 24.2 Å². The maximum absolute atomic E-state index is 12.3. The second-order valence-electron chi connectivity index (χ2n) is 7.24. The first kappa shape index (κ1) is 21.4. The number of hydrogen-bond acceptors (Lipinski definition) is 7. The lowest BCUT2D eigenvalue weighted by atomic mass is 9.93. The van der Waals surface area contributed by atoms with Crippen molar-refractivity contribution in [2.75, 3.05) is 13.2 Å². The van der Waals surface area contributed by atoms with Crippen molar-refractivity contribution in [2.24, 2.45) is 0 Å². The van der Waals surface area contributed by atoms with E-state index in [-0.39, 0.29) is 18.3 Å². The zero-order chi connectivity index (χ0) is 21.8. The van der Waals surface area contributed by atoms with Crippen LogP contribution in [0.4, 0.5) is 0 Å². The van der Waals surface area contributed by atoms with E-state index in [1.165, 1.54) is 13.8 Å². The minimum absolute atomic E-state index is 0.211. The highest BCUT2D eigenvalue weighted by molar-refractivity contribution is 6.19. The molecule has 0 fully saturated rings. The number of cyclic esters (lactones) is 1. The Morgan fingerprint density at radius 1 is 1.17 bits per heavy atom. The molecule has 0 saturated carbocycles. The van der Waals surface area contributed by atoms with Crippen LogP contribution in [0.2, 0.25) is 0 Å². The third kappa shape index (κ3) is 4.83. The highest BCUT2D eigenvalue weighted by Gasteiger charge is 2.32. The molecular formula is C22H24N2O6. The summed E-state index contributed by atoms with van der Waals surface area (Å²) in [6, 6.07) is 6.91. The van der Waals surface area contributed by atoms with Gasteiger partial charge < -0.3 is 20.1 Å². The van der Waals surface area contributed by atoms with E-state index in [0.717, 1.165) is 17.6 Å². The SMILES string of the molecule is CC(=O)N[C@@H]1OC(=O)C(c2ccc(C3=CC(C(=O)COC(C)=O)NCC3)cc2)=C1C. The predicted molar refractivity (Wildman–Crippen MR) is 109 cm³/mol. The normalized spacial score (nSPS) is 21.0. The summed E-state index contributed by atoms with van der Waals surface area (Å²) >= 11 is 0. The molecule has 158 valence electrons. The van der Waals surface area contributed by atoms with Crippen LogP contribution in [0.5, 0.6) is 0 Å². The number of carbonyl (C=O) groups is 4. The van der Waals surface area contributed by atoms with Crippen molar-refractivity contribution < 1.29 is 28.7 Å². The Balaban J connectivity index is 1.77. The maximum Gasteiger partial charge on any atom is 0.341 e. The van der Waals surface area contributed by atoms with Crippen molar-refractivity contribution in [1.82, 2.24) is 10.6 Å². The summed E-state index contributed by atoms with van der Waals surface area (Å²) in [5.41, 5.74) is 3.73. The molecule has 2 heterocycles. The van der Waals surface area contributed by atoms with Crippen LogP contribution in [-0.4, -0.2) is 49.1 Å². The molecule has 2 atom stereocenters. The Bertz CT molecular complexity index is 945. The molecule has 0 spiro atoms. The van der Waals surface area contributed by atoms with Crippen molar-refractivity contribution in [3.05, 3.63) is 47.0 Å². The van der Waals surface area contributed by atoms with Gasteiger partial charge in [0.2, 0.25) is 5.91 Å². The summed E-state index contributed by atoms with van der Waals surface area (Å²) in [6.45, 7) is 4.74. The molecule has 0 radical (unpaired) electrons. The van der Waals surface area contributed by atoms with Gasteiger partial charge in [-0.05, 0) is 30.0 Å². The van der Waals surface area contributed by atoms with E-state index in [1.807, 2.05) is 30.3 Å². The second kappa shape index (κ2) is 9.04. The standard InChI is InChI=1S/C22H24N2O6/c1-12-20(22(28)30-21(12)24-13(2)25)16-6-4-15(5-7-16)17-8-9-23-18(10-17)19(27)11-29-14(3)26/h4-7,10,18,21,23H,8-9,11H2,1-3H3,(H,24,25)/t18?,21-/m1/s1. The third-order valence-corrected chi connectivity index (χ3v) is 4.99. The van der Waals surface area contributed by atoms with Crippen LogP contribution in [0.25, 0.3) is 11.1 Å². The number of nitrogens with one attached hydrogen (secondary N) is 2. The fourth-order valence-electron chi connectivity index (χ4n) is 3.48. The summed E-state index contributed by atoms with van der Waals surface area (Å²) < 4.78 is 10.0. The minimum atomic E-state index is -0.749. The molecule has 0 bridgehead atoms. The molecular weight excluding hydrogens is 388 g/mol. The largest absolute Gasteiger partial charge is 0.458 e. The first-order valence-electron chi connectivity index (χ1n) is 9.66. The van der Waals surface area contributed by atoms with E-state index in [0.29, 0.717) is 23.3 Å². The maximum atomic E-state index is 12.3. The number of carbonyl (C=O) groups excluding carboxylic acids is 4. The topological polar surface area (TPSA) is 111 Å². The quantitative estimate of drug-likeness (QED) is 0.679. The summed E-state index contributed by atoms with van der Waals surface area (Å²) in [6.07, 6.45) is 1.83.